The summed E-state index contributed by atoms with van der Waals surface area (Å²) in [5, 5.41) is 12.3. The van der Waals surface area contributed by atoms with Gasteiger partial charge in [0, 0.05) is 32.3 Å². The molecule has 0 unspecified atom stereocenters. The molecule has 0 bridgehead atoms. The number of aromatic nitrogens is 3. The Morgan fingerprint density at radius 2 is 1.93 bits per heavy atom. The Morgan fingerprint density at radius 3 is 2.79 bits per heavy atom. The summed E-state index contributed by atoms with van der Waals surface area (Å²) in [7, 11) is 0. The van der Waals surface area contributed by atoms with Crippen molar-refractivity contribution in [1.82, 2.24) is 20.5 Å². The Morgan fingerprint density at radius 1 is 1.04 bits per heavy atom. The first-order chi connectivity index (χ1) is 13.8. The van der Waals surface area contributed by atoms with Gasteiger partial charge in [0.2, 0.25) is 0 Å². The Kier molecular flexibility index (Phi) is 4.10. The van der Waals surface area contributed by atoms with Crippen LogP contribution in [0.1, 0.15) is 16.1 Å². The molecule has 0 aliphatic rings. The number of aromatic amines is 1. The third-order valence-electron chi connectivity index (χ3n) is 4.66. The third-order valence-corrected chi connectivity index (χ3v) is 5.81. The molecular formula is C22H16N4OS. The molecule has 0 atom stereocenters. The number of nitrogens with one attached hydrogen (secondary N) is 2. The van der Waals surface area contributed by atoms with Gasteiger partial charge in [-0.25, -0.2) is 0 Å². The zero-order valence-electron chi connectivity index (χ0n) is 14.8. The first kappa shape index (κ1) is 16.6. The van der Waals surface area contributed by atoms with E-state index in [0.29, 0.717) is 12.1 Å². The van der Waals surface area contributed by atoms with Crippen molar-refractivity contribution < 1.29 is 4.79 Å². The zero-order valence-corrected chi connectivity index (χ0v) is 15.7. The molecule has 3 heterocycles. The summed E-state index contributed by atoms with van der Waals surface area (Å²) >= 11 is 1.71. The molecule has 0 saturated heterocycles. The fourth-order valence-corrected chi connectivity index (χ4v) is 4.36. The van der Waals surface area contributed by atoms with E-state index in [2.05, 4.69) is 38.7 Å². The second-order valence-electron chi connectivity index (χ2n) is 6.51. The van der Waals surface area contributed by atoms with Gasteiger partial charge in [-0.15, -0.1) is 11.3 Å². The number of rotatable bonds is 4. The number of carbonyl (C=O) groups is 1. The van der Waals surface area contributed by atoms with Crippen molar-refractivity contribution in [2.45, 2.75) is 6.54 Å². The van der Waals surface area contributed by atoms with E-state index >= 15 is 0 Å². The lowest BCUT2D eigenvalue weighted by Crippen LogP contribution is -2.23. The maximum Gasteiger partial charge on any atom is 0.251 e. The predicted molar refractivity (Wildman–Crippen MR) is 112 cm³/mol. The van der Waals surface area contributed by atoms with Crippen LogP contribution < -0.4 is 5.32 Å². The van der Waals surface area contributed by atoms with Gasteiger partial charge >= 0.3 is 0 Å². The van der Waals surface area contributed by atoms with E-state index in [1.807, 2.05) is 42.5 Å². The molecule has 0 fully saturated rings. The molecule has 136 valence electrons. The molecule has 5 aromatic rings. The molecule has 0 spiro atoms. The maximum absolute atomic E-state index is 12.8. The number of hydrogen-bond acceptors (Lipinski definition) is 4. The maximum atomic E-state index is 12.8. The Balaban J connectivity index is 1.53. The number of carbonyl (C=O) groups excluding carboxylic acids is 1. The summed E-state index contributed by atoms with van der Waals surface area (Å²) in [6.07, 6.45) is 3.47. The molecule has 1 amide bonds. The zero-order chi connectivity index (χ0) is 18.9. The molecule has 0 radical (unpaired) electrons. The van der Waals surface area contributed by atoms with E-state index in [9.17, 15) is 4.79 Å². The summed E-state index contributed by atoms with van der Waals surface area (Å²) in [5.74, 6) is -0.129. The number of nitrogens with zero attached hydrogens (tertiary/aromatic N) is 2. The predicted octanol–water partition coefficient (Wildman–Crippen LogP) is 4.77. The van der Waals surface area contributed by atoms with Crippen molar-refractivity contribution in [3.8, 4) is 10.4 Å². The monoisotopic (exact) mass is 384 g/mol. The van der Waals surface area contributed by atoms with Crippen molar-refractivity contribution >= 4 is 38.2 Å². The Hall–Kier alpha value is -3.51. The molecule has 2 aromatic carbocycles. The number of hydrogen-bond donors (Lipinski definition) is 2. The number of benzene rings is 2. The van der Waals surface area contributed by atoms with E-state index < -0.39 is 0 Å². The first-order valence-corrected chi connectivity index (χ1v) is 9.74. The molecule has 0 saturated carbocycles. The highest BCUT2D eigenvalue weighted by molar-refractivity contribution is 7.22. The highest BCUT2D eigenvalue weighted by Gasteiger charge is 2.15. The topological polar surface area (TPSA) is 70.7 Å². The SMILES string of the molecule is O=C(NCc1ccccn1)c1cc(-c2cc3ccccc3s2)c2[nH]ncc2c1. The highest BCUT2D eigenvalue weighted by atomic mass is 32.1. The van der Waals surface area contributed by atoms with Crippen molar-refractivity contribution in [1.29, 1.82) is 0 Å². The third kappa shape index (κ3) is 3.04. The number of pyridine rings is 1. The molecule has 28 heavy (non-hydrogen) atoms. The minimum absolute atomic E-state index is 0.129. The normalized spacial score (nSPS) is 11.1. The van der Waals surface area contributed by atoms with E-state index in [4.69, 9.17) is 0 Å². The summed E-state index contributed by atoms with van der Waals surface area (Å²) in [5.41, 5.74) is 3.36. The quantitative estimate of drug-likeness (QED) is 0.469. The summed E-state index contributed by atoms with van der Waals surface area (Å²) in [4.78, 5) is 18.1. The average molecular weight is 384 g/mol. The summed E-state index contributed by atoms with van der Waals surface area (Å²) in [6.45, 7) is 0.390. The number of thiophene rings is 1. The van der Waals surface area contributed by atoms with Crippen LogP contribution in [0.2, 0.25) is 0 Å². The van der Waals surface area contributed by atoms with E-state index in [0.717, 1.165) is 27.0 Å². The van der Waals surface area contributed by atoms with Crippen molar-refractivity contribution in [3.63, 3.8) is 0 Å². The Bertz CT molecular complexity index is 1260. The van der Waals surface area contributed by atoms with Crippen LogP contribution in [0.5, 0.6) is 0 Å². The van der Waals surface area contributed by atoms with Gasteiger partial charge in [0.25, 0.3) is 5.91 Å². The van der Waals surface area contributed by atoms with Crippen LogP contribution in [0.3, 0.4) is 0 Å². The molecule has 5 nitrogen and oxygen atoms in total. The second-order valence-corrected chi connectivity index (χ2v) is 7.59. The smallest absolute Gasteiger partial charge is 0.251 e. The fraction of sp³-hybridized carbons (Fsp3) is 0.0455. The lowest BCUT2D eigenvalue weighted by molar-refractivity contribution is 0.0950. The van der Waals surface area contributed by atoms with Gasteiger partial charge in [0.1, 0.15) is 0 Å². The molecule has 0 aliphatic carbocycles. The van der Waals surface area contributed by atoms with Crippen molar-refractivity contribution in [3.05, 3.63) is 84.3 Å². The van der Waals surface area contributed by atoms with E-state index in [1.165, 1.54) is 10.1 Å². The first-order valence-electron chi connectivity index (χ1n) is 8.92. The van der Waals surface area contributed by atoms with Gasteiger partial charge in [-0.05, 0) is 41.8 Å². The van der Waals surface area contributed by atoms with Crippen LogP contribution in [0.4, 0.5) is 0 Å². The largest absolute Gasteiger partial charge is 0.346 e. The van der Waals surface area contributed by atoms with Gasteiger partial charge in [0.15, 0.2) is 0 Å². The second kappa shape index (κ2) is 6.90. The molecule has 6 heteroatoms. The summed E-state index contributed by atoms with van der Waals surface area (Å²) in [6, 6.07) is 19.9. The minimum Gasteiger partial charge on any atom is -0.346 e. The Labute approximate surface area is 165 Å². The van der Waals surface area contributed by atoms with Crippen LogP contribution in [-0.2, 0) is 6.54 Å². The van der Waals surface area contributed by atoms with E-state index in [1.54, 1.807) is 23.7 Å². The molecule has 5 rings (SSSR count). The van der Waals surface area contributed by atoms with Crippen LogP contribution in [0.15, 0.2) is 73.1 Å². The standard InChI is InChI=1S/C22H16N4OS/c27-22(24-13-17-6-3-4-8-23-17)15-9-16-12-25-26-21(16)18(10-15)20-11-14-5-1-2-7-19(14)28-20/h1-12H,13H2,(H,24,27)(H,25,26). The molecule has 0 aliphatic heterocycles. The van der Waals surface area contributed by atoms with E-state index in [-0.39, 0.29) is 5.91 Å². The minimum atomic E-state index is -0.129. The highest BCUT2D eigenvalue weighted by Crippen LogP contribution is 2.37. The summed E-state index contributed by atoms with van der Waals surface area (Å²) < 4.78 is 1.22. The average Bonchev–Trinajstić information content (AvgIpc) is 3.38. The number of fused-ring (bicyclic) bond motifs is 2. The van der Waals surface area contributed by atoms with Gasteiger partial charge < -0.3 is 5.32 Å². The molecule has 3 aromatic heterocycles. The van der Waals surface area contributed by atoms with Crippen LogP contribution in [-0.4, -0.2) is 21.1 Å². The van der Waals surface area contributed by atoms with Crippen LogP contribution in [0.25, 0.3) is 31.4 Å². The van der Waals surface area contributed by atoms with Crippen molar-refractivity contribution in [2.24, 2.45) is 0 Å². The number of H-pyrrole nitrogens is 1. The van der Waals surface area contributed by atoms with Gasteiger partial charge in [-0.1, -0.05) is 24.3 Å². The van der Waals surface area contributed by atoms with Gasteiger partial charge in [-0.2, -0.15) is 5.10 Å². The lowest BCUT2D eigenvalue weighted by atomic mass is 10.0. The van der Waals surface area contributed by atoms with Gasteiger partial charge in [0.05, 0.1) is 24.0 Å². The molecular weight excluding hydrogens is 368 g/mol. The van der Waals surface area contributed by atoms with Crippen LogP contribution >= 0.6 is 11.3 Å². The van der Waals surface area contributed by atoms with Crippen LogP contribution in [0, 0.1) is 0 Å². The van der Waals surface area contributed by atoms with Gasteiger partial charge in [-0.3, -0.25) is 14.9 Å². The lowest BCUT2D eigenvalue weighted by Gasteiger charge is -2.07. The number of amides is 1. The van der Waals surface area contributed by atoms with Crippen molar-refractivity contribution in [2.75, 3.05) is 0 Å². The molecule has 2 N–H and O–H groups in total. The fourth-order valence-electron chi connectivity index (χ4n) is 3.27.